The molecule has 122 valence electrons. The van der Waals surface area contributed by atoms with Gasteiger partial charge < -0.3 is 10.3 Å². The summed E-state index contributed by atoms with van der Waals surface area (Å²) in [5, 5.41) is 2.82. The molecule has 0 aliphatic carbocycles. The summed E-state index contributed by atoms with van der Waals surface area (Å²) < 4.78 is 0. The van der Waals surface area contributed by atoms with Crippen LogP contribution in [0.2, 0.25) is 0 Å². The summed E-state index contributed by atoms with van der Waals surface area (Å²) in [5.41, 5.74) is 2.72. The molecule has 0 aliphatic heterocycles. The standard InChI is InChI=1S/C18H23N3O2/c1-11-15(17(23)20-12(2)19-11)10-16(22)21-14-8-6-13(7-9-14)18(3,4)5/h6-9H,10H2,1-5H3,(H,21,22)(H,19,20,23). The van der Waals surface area contributed by atoms with Gasteiger partial charge in [0.1, 0.15) is 5.82 Å². The lowest BCUT2D eigenvalue weighted by atomic mass is 9.87. The molecule has 0 atom stereocenters. The Morgan fingerprint density at radius 1 is 1.17 bits per heavy atom. The van der Waals surface area contributed by atoms with E-state index in [0.717, 1.165) is 5.69 Å². The summed E-state index contributed by atoms with van der Waals surface area (Å²) in [6.07, 6.45) is 0.00939. The highest BCUT2D eigenvalue weighted by atomic mass is 16.2. The number of aromatic amines is 1. The van der Waals surface area contributed by atoms with Gasteiger partial charge in [0, 0.05) is 16.9 Å². The van der Waals surface area contributed by atoms with Crippen LogP contribution in [0.3, 0.4) is 0 Å². The van der Waals surface area contributed by atoms with Gasteiger partial charge in [-0.25, -0.2) is 4.98 Å². The topological polar surface area (TPSA) is 74.8 Å². The maximum absolute atomic E-state index is 12.2. The first kappa shape index (κ1) is 16.9. The fourth-order valence-corrected chi connectivity index (χ4v) is 2.38. The molecule has 23 heavy (non-hydrogen) atoms. The fraction of sp³-hybridized carbons (Fsp3) is 0.389. The number of aryl methyl sites for hydroxylation is 2. The molecule has 1 amide bonds. The van der Waals surface area contributed by atoms with E-state index in [1.807, 2.05) is 24.3 Å². The first-order valence-corrected chi connectivity index (χ1v) is 7.63. The van der Waals surface area contributed by atoms with E-state index in [2.05, 4.69) is 36.1 Å². The predicted molar refractivity (Wildman–Crippen MR) is 91.8 cm³/mol. The number of amides is 1. The Labute approximate surface area is 136 Å². The lowest BCUT2D eigenvalue weighted by Crippen LogP contribution is -2.24. The number of carbonyl (C=O) groups is 1. The summed E-state index contributed by atoms with van der Waals surface area (Å²) in [5.74, 6) is 0.321. The molecule has 0 saturated carbocycles. The number of benzene rings is 1. The minimum Gasteiger partial charge on any atom is -0.326 e. The molecule has 0 saturated heterocycles. The zero-order valence-corrected chi connectivity index (χ0v) is 14.3. The SMILES string of the molecule is Cc1nc(C)c(CC(=O)Nc2ccc(C(C)(C)C)cc2)c(=O)[nH]1. The Balaban J connectivity index is 2.10. The van der Waals surface area contributed by atoms with Crippen LogP contribution >= 0.6 is 0 Å². The van der Waals surface area contributed by atoms with E-state index < -0.39 is 0 Å². The first-order chi connectivity index (χ1) is 10.7. The average molecular weight is 313 g/mol. The van der Waals surface area contributed by atoms with E-state index in [0.29, 0.717) is 17.1 Å². The maximum atomic E-state index is 12.2. The third kappa shape index (κ3) is 4.28. The first-order valence-electron chi connectivity index (χ1n) is 7.63. The van der Waals surface area contributed by atoms with Crippen molar-refractivity contribution in [2.45, 2.75) is 46.5 Å². The molecule has 0 radical (unpaired) electrons. The van der Waals surface area contributed by atoms with Crippen LogP contribution in [0.25, 0.3) is 0 Å². The van der Waals surface area contributed by atoms with Crippen LogP contribution in [-0.4, -0.2) is 15.9 Å². The number of aromatic nitrogens is 2. The fourth-order valence-electron chi connectivity index (χ4n) is 2.38. The third-order valence-electron chi connectivity index (χ3n) is 3.71. The van der Waals surface area contributed by atoms with Gasteiger partial charge in [-0.05, 0) is 37.0 Å². The summed E-state index contributed by atoms with van der Waals surface area (Å²) in [6.45, 7) is 9.87. The van der Waals surface area contributed by atoms with E-state index in [1.54, 1.807) is 13.8 Å². The van der Waals surface area contributed by atoms with Crippen molar-refractivity contribution in [2.24, 2.45) is 0 Å². The summed E-state index contributed by atoms with van der Waals surface area (Å²) >= 11 is 0. The predicted octanol–water partition coefficient (Wildman–Crippen LogP) is 2.87. The zero-order valence-electron chi connectivity index (χ0n) is 14.3. The lowest BCUT2D eigenvalue weighted by Gasteiger charge is -2.19. The molecule has 0 aliphatic rings. The molecule has 1 aromatic heterocycles. The van der Waals surface area contributed by atoms with E-state index in [9.17, 15) is 9.59 Å². The Kier molecular flexibility index (Phi) is 4.68. The number of H-pyrrole nitrogens is 1. The number of carbonyl (C=O) groups excluding carboxylic acids is 1. The highest BCUT2D eigenvalue weighted by molar-refractivity contribution is 5.92. The van der Waals surface area contributed by atoms with E-state index in [1.165, 1.54) is 5.56 Å². The Morgan fingerprint density at radius 3 is 2.30 bits per heavy atom. The van der Waals surface area contributed by atoms with Crippen molar-refractivity contribution in [2.75, 3.05) is 5.32 Å². The quantitative estimate of drug-likeness (QED) is 0.915. The van der Waals surface area contributed by atoms with Gasteiger partial charge in [0.05, 0.1) is 6.42 Å². The van der Waals surface area contributed by atoms with Gasteiger partial charge in [0.15, 0.2) is 0 Å². The smallest absolute Gasteiger partial charge is 0.254 e. The second-order valence-corrected chi connectivity index (χ2v) is 6.77. The molecule has 5 heteroatoms. The summed E-state index contributed by atoms with van der Waals surface area (Å²) in [7, 11) is 0. The summed E-state index contributed by atoms with van der Waals surface area (Å²) in [4.78, 5) is 30.9. The van der Waals surface area contributed by atoms with Crippen LogP contribution < -0.4 is 10.9 Å². The zero-order chi connectivity index (χ0) is 17.2. The second kappa shape index (κ2) is 6.36. The van der Waals surface area contributed by atoms with Crippen LogP contribution in [0.4, 0.5) is 5.69 Å². The van der Waals surface area contributed by atoms with Crippen molar-refractivity contribution in [1.29, 1.82) is 0 Å². The molecular formula is C18H23N3O2. The van der Waals surface area contributed by atoms with Crippen molar-refractivity contribution in [1.82, 2.24) is 9.97 Å². The highest BCUT2D eigenvalue weighted by Crippen LogP contribution is 2.23. The molecule has 0 bridgehead atoms. The van der Waals surface area contributed by atoms with Crippen LogP contribution in [0.1, 0.15) is 43.4 Å². The number of nitrogens with one attached hydrogen (secondary N) is 2. The van der Waals surface area contributed by atoms with Gasteiger partial charge in [-0.1, -0.05) is 32.9 Å². The van der Waals surface area contributed by atoms with E-state index >= 15 is 0 Å². The molecule has 1 heterocycles. The minimum absolute atomic E-state index is 0.00939. The van der Waals surface area contributed by atoms with Crippen LogP contribution in [0.15, 0.2) is 29.1 Å². The molecule has 2 aromatic rings. The van der Waals surface area contributed by atoms with Crippen molar-refractivity contribution >= 4 is 11.6 Å². The number of anilines is 1. The van der Waals surface area contributed by atoms with Crippen molar-refractivity contribution in [3.63, 3.8) is 0 Å². The second-order valence-electron chi connectivity index (χ2n) is 6.77. The number of nitrogens with zero attached hydrogens (tertiary/aromatic N) is 1. The van der Waals surface area contributed by atoms with Gasteiger partial charge in [0.2, 0.25) is 5.91 Å². The van der Waals surface area contributed by atoms with Gasteiger partial charge >= 0.3 is 0 Å². The average Bonchev–Trinajstić information content (AvgIpc) is 2.42. The van der Waals surface area contributed by atoms with E-state index in [-0.39, 0.29) is 23.3 Å². The molecule has 5 nitrogen and oxygen atoms in total. The minimum atomic E-state index is -0.256. The van der Waals surface area contributed by atoms with Crippen molar-refractivity contribution < 1.29 is 4.79 Å². The number of rotatable bonds is 3. The van der Waals surface area contributed by atoms with Gasteiger partial charge in [-0.3, -0.25) is 9.59 Å². The molecule has 2 N–H and O–H groups in total. The molecule has 2 rings (SSSR count). The van der Waals surface area contributed by atoms with Gasteiger partial charge in [0.25, 0.3) is 5.56 Å². The molecule has 0 unspecified atom stereocenters. The lowest BCUT2D eigenvalue weighted by molar-refractivity contribution is -0.115. The molecular weight excluding hydrogens is 290 g/mol. The Hall–Kier alpha value is -2.43. The normalized spacial score (nSPS) is 11.3. The number of hydrogen-bond acceptors (Lipinski definition) is 3. The largest absolute Gasteiger partial charge is 0.326 e. The van der Waals surface area contributed by atoms with Crippen molar-refractivity contribution in [3.8, 4) is 0 Å². The third-order valence-corrected chi connectivity index (χ3v) is 3.71. The maximum Gasteiger partial charge on any atom is 0.254 e. The van der Waals surface area contributed by atoms with Crippen molar-refractivity contribution in [3.05, 3.63) is 57.3 Å². The molecule has 1 aromatic carbocycles. The monoisotopic (exact) mass is 313 g/mol. The van der Waals surface area contributed by atoms with E-state index in [4.69, 9.17) is 0 Å². The van der Waals surface area contributed by atoms with Crippen LogP contribution in [-0.2, 0) is 16.6 Å². The highest BCUT2D eigenvalue weighted by Gasteiger charge is 2.14. The molecule has 0 fully saturated rings. The number of hydrogen-bond donors (Lipinski definition) is 2. The Morgan fingerprint density at radius 2 is 1.78 bits per heavy atom. The summed E-state index contributed by atoms with van der Waals surface area (Å²) in [6, 6.07) is 7.76. The molecule has 0 spiro atoms. The van der Waals surface area contributed by atoms with Crippen LogP contribution in [0.5, 0.6) is 0 Å². The van der Waals surface area contributed by atoms with Crippen LogP contribution in [0, 0.1) is 13.8 Å². The van der Waals surface area contributed by atoms with Gasteiger partial charge in [-0.2, -0.15) is 0 Å². The Bertz CT molecular complexity index is 768. The van der Waals surface area contributed by atoms with Gasteiger partial charge in [-0.15, -0.1) is 0 Å².